The molecule has 0 saturated carbocycles. The Morgan fingerprint density at radius 3 is 2.52 bits per heavy atom. The Morgan fingerprint density at radius 1 is 1.30 bits per heavy atom. The fraction of sp³-hybridized carbons (Fsp3) is 0.500. The summed E-state index contributed by atoms with van der Waals surface area (Å²) >= 11 is 0. The maximum absolute atomic E-state index is 11.8. The summed E-state index contributed by atoms with van der Waals surface area (Å²) in [6.45, 7) is 6.71. The van der Waals surface area contributed by atoms with Gasteiger partial charge in [-0.2, -0.15) is 0 Å². The van der Waals surface area contributed by atoms with Gasteiger partial charge in [-0.25, -0.2) is 0 Å². The quantitative estimate of drug-likeness (QED) is 0.684. The first-order valence-corrected chi connectivity index (χ1v) is 8.01. The lowest BCUT2D eigenvalue weighted by atomic mass is 10.0. The molecule has 0 aliphatic carbocycles. The molecule has 0 aromatic heterocycles. The number of carbonyl (C=O) groups is 3. The first-order valence-electron chi connectivity index (χ1n) is 8.01. The van der Waals surface area contributed by atoms with Crippen LogP contribution in [0.3, 0.4) is 0 Å². The van der Waals surface area contributed by atoms with Crippen LogP contribution in [0, 0.1) is 6.92 Å². The van der Waals surface area contributed by atoms with E-state index in [9.17, 15) is 14.4 Å². The zero-order valence-electron chi connectivity index (χ0n) is 14.4. The van der Waals surface area contributed by atoms with E-state index in [4.69, 9.17) is 0 Å². The monoisotopic (exact) mass is 318 g/mol. The van der Waals surface area contributed by atoms with Crippen molar-refractivity contribution in [1.29, 1.82) is 0 Å². The molecule has 1 saturated heterocycles. The van der Waals surface area contributed by atoms with Crippen molar-refractivity contribution in [3.05, 3.63) is 34.9 Å². The second-order valence-electron chi connectivity index (χ2n) is 5.91. The van der Waals surface area contributed by atoms with Gasteiger partial charge in [0.1, 0.15) is 6.29 Å². The predicted octanol–water partition coefficient (Wildman–Crippen LogP) is 2.46. The third-order valence-electron chi connectivity index (χ3n) is 3.59. The summed E-state index contributed by atoms with van der Waals surface area (Å²) in [5.41, 5.74) is 2.60. The Bertz CT molecular complexity index is 569. The summed E-state index contributed by atoms with van der Waals surface area (Å²) in [7, 11) is 1.83. The summed E-state index contributed by atoms with van der Waals surface area (Å²) in [5.74, 6) is -0.479. The highest BCUT2D eigenvalue weighted by Crippen LogP contribution is 2.17. The minimum atomic E-state index is -0.326. The van der Waals surface area contributed by atoms with Crippen LogP contribution in [0.25, 0.3) is 0 Å². The highest BCUT2D eigenvalue weighted by molar-refractivity contribution is 6.00. The number of benzene rings is 1. The Labute approximate surface area is 138 Å². The number of rotatable bonds is 4. The van der Waals surface area contributed by atoms with E-state index in [-0.39, 0.29) is 17.9 Å². The fourth-order valence-electron chi connectivity index (χ4n) is 2.47. The summed E-state index contributed by atoms with van der Waals surface area (Å²) < 4.78 is 0. The first kappa shape index (κ1) is 19.0. The topological polar surface area (TPSA) is 66.5 Å². The molecule has 1 aliphatic heterocycles. The molecule has 1 atom stereocenters. The SMILES string of the molecule is CCC.Cc1ccc(C=O)c(CN(C)C2CCC(=O)NC2=O)c1. The second-order valence-corrected chi connectivity index (χ2v) is 5.91. The van der Waals surface area contributed by atoms with Gasteiger partial charge in [-0.1, -0.05) is 44.0 Å². The number of nitrogens with zero attached hydrogens (tertiary/aromatic N) is 1. The summed E-state index contributed by atoms with van der Waals surface area (Å²) in [5, 5.41) is 2.35. The lowest BCUT2D eigenvalue weighted by molar-refractivity contribution is -0.137. The average Bonchev–Trinajstić information content (AvgIpc) is 2.48. The molecule has 2 rings (SSSR count). The van der Waals surface area contributed by atoms with E-state index in [1.165, 1.54) is 6.42 Å². The number of likely N-dealkylation sites (N-methyl/N-ethyl adjacent to an activating group) is 1. The van der Waals surface area contributed by atoms with Crippen LogP contribution in [0.4, 0.5) is 0 Å². The molecule has 1 aromatic rings. The first-order chi connectivity index (χ1) is 10.9. The fourth-order valence-corrected chi connectivity index (χ4v) is 2.47. The van der Waals surface area contributed by atoms with E-state index < -0.39 is 0 Å². The molecule has 5 nitrogen and oxygen atoms in total. The Balaban J connectivity index is 0.000000816. The highest BCUT2D eigenvalue weighted by Gasteiger charge is 2.29. The van der Waals surface area contributed by atoms with Crippen LogP contribution >= 0.6 is 0 Å². The van der Waals surface area contributed by atoms with Crippen molar-refractivity contribution in [3.63, 3.8) is 0 Å². The van der Waals surface area contributed by atoms with Crippen LogP contribution in [-0.2, 0) is 16.1 Å². The highest BCUT2D eigenvalue weighted by atomic mass is 16.2. The van der Waals surface area contributed by atoms with Crippen molar-refractivity contribution >= 4 is 18.1 Å². The maximum atomic E-state index is 11.8. The third kappa shape index (κ3) is 5.60. The van der Waals surface area contributed by atoms with Crippen molar-refractivity contribution < 1.29 is 14.4 Å². The molecule has 0 bridgehead atoms. The van der Waals surface area contributed by atoms with Gasteiger partial charge in [-0.3, -0.25) is 24.6 Å². The summed E-state index contributed by atoms with van der Waals surface area (Å²) in [6.07, 6.45) is 2.95. The number of amides is 2. The van der Waals surface area contributed by atoms with Crippen molar-refractivity contribution in [2.45, 2.75) is 52.6 Å². The molecule has 126 valence electrons. The van der Waals surface area contributed by atoms with Gasteiger partial charge in [0.05, 0.1) is 6.04 Å². The van der Waals surface area contributed by atoms with Crippen molar-refractivity contribution in [1.82, 2.24) is 10.2 Å². The maximum Gasteiger partial charge on any atom is 0.243 e. The van der Waals surface area contributed by atoms with Crippen LogP contribution in [0.15, 0.2) is 18.2 Å². The number of carbonyl (C=O) groups excluding carboxylic acids is 3. The molecule has 23 heavy (non-hydrogen) atoms. The van der Waals surface area contributed by atoms with Gasteiger partial charge in [0, 0.05) is 18.5 Å². The van der Waals surface area contributed by atoms with Gasteiger partial charge in [-0.15, -0.1) is 0 Å². The molecule has 0 spiro atoms. The van der Waals surface area contributed by atoms with Crippen molar-refractivity contribution in [3.8, 4) is 0 Å². The minimum absolute atomic E-state index is 0.219. The number of nitrogens with one attached hydrogen (secondary N) is 1. The van der Waals surface area contributed by atoms with Gasteiger partial charge in [-0.05, 0) is 26.0 Å². The van der Waals surface area contributed by atoms with Gasteiger partial charge in [0.15, 0.2) is 0 Å². The van der Waals surface area contributed by atoms with Gasteiger partial charge in [0.2, 0.25) is 11.8 Å². The number of piperidine rings is 1. The normalized spacial score (nSPS) is 17.3. The second kappa shape index (κ2) is 9.20. The van der Waals surface area contributed by atoms with Gasteiger partial charge < -0.3 is 0 Å². The number of hydrogen-bond acceptors (Lipinski definition) is 4. The zero-order valence-corrected chi connectivity index (χ0v) is 14.4. The van der Waals surface area contributed by atoms with E-state index in [1.807, 2.05) is 31.0 Å². The number of aldehydes is 1. The smallest absolute Gasteiger partial charge is 0.243 e. The molecule has 1 heterocycles. The molecule has 0 radical (unpaired) electrons. The Hall–Kier alpha value is -2.01. The van der Waals surface area contributed by atoms with Crippen LogP contribution in [0.5, 0.6) is 0 Å². The summed E-state index contributed by atoms with van der Waals surface area (Å²) in [6, 6.07) is 5.30. The summed E-state index contributed by atoms with van der Waals surface area (Å²) in [4.78, 5) is 35.9. The molecule has 5 heteroatoms. The van der Waals surface area contributed by atoms with E-state index in [0.29, 0.717) is 24.9 Å². The Kier molecular flexibility index (Phi) is 7.62. The molecule has 1 fully saturated rings. The van der Waals surface area contributed by atoms with E-state index in [2.05, 4.69) is 19.2 Å². The van der Waals surface area contributed by atoms with Crippen molar-refractivity contribution in [2.24, 2.45) is 0 Å². The van der Waals surface area contributed by atoms with Crippen LogP contribution < -0.4 is 5.32 Å². The van der Waals surface area contributed by atoms with Crippen LogP contribution in [0.1, 0.15) is 54.6 Å². The van der Waals surface area contributed by atoms with Gasteiger partial charge >= 0.3 is 0 Å². The number of imide groups is 1. The predicted molar refractivity (Wildman–Crippen MR) is 90.2 cm³/mol. The molecule has 2 amide bonds. The lowest BCUT2D eigenvalue weighted by Crippen LogP contribution is -2.51. The molecule has 1 N–H and O–H groups in total. The standard InChI is InChI=1S/C15H18N2O3.C3H8/c1-10-3-4-11(9-18)12(7-10)8-17(2)13-5-6-14(19)16-15(13)20;1-3-2/h3-4,7,9,13H,5-6,8H2,1-2H3,(H,16,19,20);3H2,1-2H3. The van der Waals surface area contributed by atoms with Crippen molar-refractivity contribution in [2.75, 3.05) is 7.05 Å². The lowest BCUT2D eigenvalue weighted by Gasteiger charge is -2.30. The minimum Gasteiger partial charge on any atom is -0.298 e. The molecular weight excluding hydrogens is 292 g/mol. The van der Waals surface area contributed by atoms with E-state index >= 15 is 0 Å². The molecule has 1 aliphatic rings. The average molecular weight is 318 g/mol. The zero-order chi connectivity index (χ0) is 17.4. The molecular formula is C18H26N2O3. The van der Waals surface area contributed by atoms with Gasteiger partial charge in [0.25, 0.3) is 0 Å². The largest absolute Gasteiger partial charge is 0.298 e. The van der Waals surface area contributed by atoms with E-state index in [1.54, 1.807) is 6.07 Å². The third-order valence-corrected chi connectivity index (χ3v) is 3.59. The van der Waals surface area contributed by atoms with Crippen LogP contribution in [-0.4, -0.2) is 36.1 Å². The molecule has 1 unspecified atom stereocenters. The Morgan fingerprint density at radius 2 is 1.96 bits per heavy atom. The van der Waals surface area contributed by atoms with Crippen LogP contribution in [0.2, 0.25) is 0 Å². The molecule has 1 aromatic carbocycles. The van der Waals surface area contributed by atoms with E-state index in [0.717, 1.165) is 17.4 Å². The number of hydrogen-bond donors (Lipinski definition) is 1. The number of aryl methyl sites for hydroxylation is 1.